The van der Waals surface area contributed by atoms with E-state index in [1.165, 1.54) is 17.2 Å². The topological polar surface area (TPSA) is 126 Å². The lowest BCUT2D eigenvalue weighted by Crippen LogP contribution is -2.37. The molecule has 5 rings (SSSR count). The van der Waals surface area contributed by atoms with Gasteiger partial charge >= 0.3 is 0 Å². The van der Waals surface area contributed by atoms with Crippen LogP contribution in [-0.2, 0) is 16.2 Å². The van der Waals surface area contributed by atoms with Gasteiger partial charge in [-0.1, -0.05) is 41.4 Å². The Morgan fingerprint density at radius 2 is 1.79 bits per heavy atom. The van der Waals surface area contributed by atoms with Crippen LogP contribution in [0, 0.1) is 13.8 Å². The Morgan fingerprint density at radius 1 is 0.957 bits per heavy atom. The molecule has 2 N–H and O–H groups in total. The number of nitrogens with zero attached hydrogens (tertiary/aromatic N) is 4. The van der Waals surface area contributed by atoms with Crippen molar-refractivity contribution in [3.05, 3.63) is 123 Å². The number of halogens is 2. The fourth-order valence-electron chi connectivity index (χ4n) is 4.59. The molecule has 3 amide bonds. The predicted octanol–water partition coefficient (Wildman–Crippen LogP) is 6.57. The number of nitrogens with one attached hydrogen (secondary N) is 2. The van der Waals surface area contributed by atoms with Crippen LogP contribution in [0.3, 0.4) is 0 Å². The van der Waals surface area contributed by atoms with Gasteiger partial charge in [0.1, 0.15) is 23.7 Å². The number of amides is 3. The van der Waals surface area contributed by atoms with Crippen molar-refractivity contribution in [3.8, 4) is 5.75 Å². The zero-order chi connectivity index (χ0) is 33.5. The van der Waals surface area contributed by atoms with E-state index in [2.05, 4.69) is 25.6 Å². The molecule has 12 heteroatoms. The summed E-state index contributed by atoms with van der Waals surface area (Å²) in [4.78, 5) is 52.2. The summed E-state index contributed by atoms with van der Waals surface area (Å²) in [5.74, 6) is -0.269. The van der Waals surface area contributed by atoms with Gasteiger partial charge in [0.2, 0.25) is 11.8 Å². The molecule has 2 aromatic carbocycles. The van der Waals surface area contributed by atoms with Gasteiger partial charge in [0.05, 0.1) is 22.8 Å². The molecule has 5 aromatic rings. The van der Waals surface area contributed by atoms with Crippen LogP contribution in [0.1, 0.15) is 32.9 Å². The molecule has 0 unspecified atom stereocenters. The molecule has 47 heavy (non-hydrogen) atoms. The van der Waals surface area contributed by atoms with Crippen molar-refractivity contribution in [1.29, 1.82) is 0 Å². The van der Waals surface area contributed by atoms with E-state index in [1.807, 2.05) is 37.3 Å². The number of fused-ring (bicyclic) bond motifs is 1. The number of carbonyl (C=O) groups is 3. The van der Waals surface area contributed by atoms with Crippen LogP contribution in [0.5, 0.6) is 5.75 Å². The minimum atomic E-state index is -0.480. The number of rotatable bonds is 10. The molecule has 10 nitrogen and oxygen atoms in total. The smallest absolute Gasteiger partial charge is 0.258 e. The Bertz CT molecular complexity index is 2000. The molecule has 3 aromatic heterocycles. The number of ether oxygens (including phenoxy) is 1. The lowest BCUT2D eigenvalue weighted by atomic mass is 10.1. The number of aryl methyl sites for hydroxylation is 2. The van der Waals surface area contributed by atoms with Gasteiger partial charge in [0, 0.05) is 52.9 Å². The molecule has 0 aliphatic carbocycles. The summed E-state index contributed by atoms with van der Waals surface area (Å²) in [5, 5.41) is 6.88. The van der Waals surface area contributed by atoms with Gasteiger partial charge in [0.15, 0.2) is 0 Å². The van der Waals surface area contributed by atoms with Gasteiger partial charge in [-0.3, -0.25) is 19.4 Å². The highest BCUT2D eigenvalue weighted by molar-refractivity contribution is 6.38. The van der Waals surface area contributed by atoms with Crippen molar-refractivity contribution in [2.75, 3.05) is 23.8 Å². The number of hydrogen-bond donors (Lipinski definition) is 2. The van der Waals surface area contributed by atoms with Crippen LogP contribution in [0.4, 0.5) is 11.5 Å². The third-order valence-corrected chi connectivity index (χ3v) is 7.99. The van der Waals surface area contributed by atoms with Crippen molar-refractivity contribution < 1.29 is 19.1 Å². The zero-order valence-electron chi connectivity index (χ0n) is 25.8. The van der Waals surface area contributed by atoms with Gasteiger partial charge < -0.3 is 20.3 Å². The molecule has 0 aliphatic heterocycles. The van der Waals surface area contributed by atoms with E-state index in [0.29, 0.717) is 44.7 Å². The number of anilines is 2. The summed E-state index contributed by atoms with van der Waals surface area (Å²) in [5.41, 5.74) is 4.18. The number of benzene rings is 2. The molecule has 3 heterocycles. The Labute approximate surface area is 281 Å². The van der Waals surface area contributed by atoms with Crippen LogP contribution in [0.2, 0.25) is 10.0 Å². The third kappa shape index (κ3) is 8.10. The van der Waals surface area contributed by atoms with Crippen molar-refractivity contribution in [3.63, 3.8) is 0 Å². The SMILES string of the molecule is Cc1ccc2cccc(OCc3c(Cl)ccc(N(C)C(=O)CNC(=O)C=Cc4ccc(NC(=O)c5cccnc5C)nc4)c3Cl)c2n1. The van der Waals surface area contributed by atoms with Gasteiger partial charge in [-0.2, -0.15) is 0 Å². The van der Waals surface area contributed by atoms with Gasteiger partial charge in [-0.25, -0.2) is 9.97 Å². The first-order chi connectivity index (χ1) is 22.6. The molecule has 0 saturated heterocycles. The van der Waals surface area contributed by atoms with E-state index in [1.54, 1.807) is 62.6 Å². The Hall–Kier alpha value is -5.32. The molecule has 0 bridgehead atoms. The van der Waals surface area contributed by atoms with Crippen LogP contribution in [-0.4, -0.2) is 46.3 Å². The van der Waals surface area contributed by atoms with E-state index in [9.17, 15) is 14.4 Å². The minimum Gasteiger partial charge on any atom is -0.487 e. The summed E-state index contributed by atoms with van der Waals surface area (Å²) in [6, 6.07) is 19.5. The first-order valence-electron chi connectivity index (χ1n) is 14.5. The number of carbonyl (C=O) groups excluding carboxylic acids is 3. The summed E-state index contributed by atoms with van der Waals surface area (Å²) in [7, 11) is 1.56. The molecule has 0 atom stereocenters. The van der Waals surface area contributed by atoms with Crippen LogP contribution >= 0.6 is 23.2 Å². The molecule has 0 aliphatic rings. The van der Waals surface area contributed by atoms with Crippen LogP contribution in [0.15, 0.2) is 85.2 Å². The van der Waals surface area contributed by atoms with Crippen LogP contribution < -0.4 is 20.3 Å². The third-order valence-electron chi connectivity index (χ3n) is 7.22. The molecule has 238 valence electrons. The Morgan fingerprint density at radius 3 is 2.55 bits per heavy atom. The zero-order valence-corrected chi connectivity index (χ0v) is 27.3. The summed E-state index contributed by atoms with van der Waals surface area (Å²) < 4.78 is 6.08. The second-order valence-electron chi connectivity index (χ2n) is 10.5. The highest BCUT2D eigenvalue weighted by atomic mass is 35.5. The van der Waals surface area contributed by atoms with Crippen molar-refractivity contribution in [1.82, 2.24) is 20.3 Å². The number of likely N-dealkylation sites (N-methyl/N-ethyl adjacent to an activating group) is 1. The van der Waals surface area contributed by atoms with Crippen molar-refractivity contribution >= 4 is 69.4 Å². The van der Waals surface area contributed by atoms with E-state index in [-0.39, 0.29) is 24.1 Å². The van der Waals surface area contributed by atoms with Gasteiger partial charge in [-0.15, -0.1) is 0 Å². The first-order valence-corrected chi connectivity index (χ1v) is 15.2. The number of para-hydroxylation sites is 1. The average Bonchev–Trinajstić information content (AvgIpc) is 3.06. The average molecular weight is 670 g/mol. The van der Waals surface area contributed by atoms with Gasteiger partial charge in [-0.05, 0) is 74.0 Å². The lowest BCUT2D eigenvalue weighted by molar-refractivity contribution is -0.122. The molecule has 0 fully saturated rings. The lowest BCUT2D eigenvalue weighted by Gasteiger charge is -2.21. The predicted molar refractivity (Wildman–Crippen MR) is 184 cm³/mol. The number of pyridine rings is 3. The number of hydrogen-bond acceptors (Lipinski definition) is 7. The van der Waals surface area contributed by atoms with Crippen LogP contribution in [0.25, 0.3) is 17.0 Å². The molecule has 0 saturated carbocycles. The second kappa shape index (κ2) is 14.8. The van der Waals surface area contributed by atoms with E-state index in [0.717, 1.165) is 16.6 Å². The van der Waals surface area contributed by atoms with E-state index < -0.39 is 11.8 Å². The molecule has 0 radical (unpaired) electrons. The normalized spacial score (nSPS) is 11.0. The molecular formula is C35H30Cl2N6O4. The van der Waals surface area contributed by atoms with Crippen molar-refractivity contribution in [2.24, 2.45) is 0 Å². The Kier molecular flexibility index (Phi) is 10.4. The summed E-state index contributed by atoms with van der Waals surface area (Å²) >= 11 is 13.2. The summed E-state index contributed by atoms with van der Waals surface area (Å²) in [6.45, 7) is 3.43. The standard InChI is InChI=1S/C35H30Cl2N6O4/c1-21-9-12-24-6-4-8-29(34(24)41-21)47-20-26-27(36)13-14-28(33(26)37)43(3)32(45)19-40-31(44)16-11-23-10-15-30(39-18-23)42-35(46)25-7-5-17-38-22(25)2/h4-18H,19-20H2,1-3H3,(H,40,44)(H,39,42,46). The highest BCUT2D eigenvalue weighted by Gasteiger charge is 2.19. The van der Waals surface area contributed by atoms with E-state index in [4.69, 9.17) is 27.9 Å². The highest BCUT2D eigenvalue weighted by Crippen LogP contribution is 2.35. The van der Waals surface area contributed by atoms with Gasteiger partial charge in [0.25, 0.3) is 5.91 Å². The quantitative estimate of drug-likeness (QED) is 0.161. The largest absolute Gasteiger partial charge is 0.487 e. The fourth-order valence-corrected chi connectivity index (χ4v) is 5.20. The first kappa shape index (κ1) is 33.1. The van der Waals surface area contributed by atoms with Crippen molar-refractivity contribution in [2.45, 2.75) is 20.5 Å². The van der Waals surface area contributed by atoms with E-state index >= 15 is 0 Å². The maximum Gasteiger partial charge on any atom is 0.258 e. The Balaban J connectivity index is 1.16. The summed E-state index contributed by atoms with van der Waals surface area (Å²) in [6.07, 6.45) is 5.96. The molecular weight excluding hydrogens is 639 g/mol. The minimum absolute atomic E-state index is 0.0518. The second-order valence-corrected chi connectivity index (χ2v) is 11.3. The monoisotopic (exact) mass is 668 g/mol. The molecule has 0 spiro atoms. The number of aromatic nitrogens is 3. The maximum absolute atomic E-state index is 13.0. The fraction of sp³-hybridized carbons (Fsp3) is 0.143. The maximum atomic E-state index is 13.0.